The van der Waals surface area contributed by atoms with E-state index >= 15 is 0 Å². The van der Waals surface area contributed by atoms with Gasteiger partial charge in [-0.2, -0.15) is 0 Å². The van der Waals surface area contributed by atoms with E-state index in [0.29, 0.717) is 11.0 Å². The van der Waals surface area contributed by atoms with E-state index in [1.54, 1.807) is 20.8 Å². The standard InChI is InChI=1S/C14H16FN3O2/c1-14(2,3)11(19)6-16-13(20)9-4-8(15)5-10-12(9)18-7-17-10/h4-5,7H,6H2,1-3H3,(H,16,20)(H,17,18). The molecular formula is C14H16FN3O2. The average Bonchev–Trinajstić information content (AvgIpc) is 2.80. The summed E-state index contributed by atoms with van der Waals surface area (Å²) in [7, 11) is 0. The Morgan fingerprint density at radius 2 is 2.05 bits per heavy atom. The maximum Gasteiger partial charge on any atom is 0.254 e. The van der Waals surface area contributed by atoms with Crippen molar-refractivity contribution in [3.8, 4) is 0 Å². The maximum atomic E-state index is 13.4. The molecule has 20 heavy (non-hydrogen) atoms. The molecule has 106 valence electrons. The first-order valence-electron chi connectivity index (χ1n) is 6.23. The molecule has 0 saturated heterocycles. The molecule has 0 aliphatic heterocycles. The third kappa shape index (κ3) is 2.84. The van der Waals surface area contributed by atoms with Crippen LogP contribution < -0.4 is 5.32 Å². The summed E-state index contributed by atoms with van der Waals surface area (Å²) in [4.78, 5) is 30.6. The molecule has 0 saturated carbocycles. The van der Waals surface area contributed by atoms with Crippen molar-refractivity contribution in [2.45, 2.75) is 20.8 Å². The van der Waals surface area contributed by atoms with Crippen LogP contribution >= 0.6 is 0 Å². The highest BCUT2D eigenvalue weighted by atomic mass is 19.1. The fourth-order valence-corrected chi connectivity index (χ4v) is 1.71. The molecule has 2 N–H and O–H groups in total. The van der Waals surface area contributed by atoms with Crippen LogP contribution in [0.25, 0.3) is 11.0 Å². The number of rotatable bonds is 3. The molecule has 0 bridgehead atoms. The monoisotopic (exact) mass is 277 g/mol. The van der Waals surface area contributed by atoms with Crippen LogP contribution in [0.2, 0.25) is 0 Å². The number of nitrogens with one attached hydrogen (secondary N) is 2. The van der Waals surface area contributed by atoms with Gasteiger partial charge >= 0.3 is 0 Å². The van der Waals surface area contributed by atoms with E-state index < -0.39 is 17.1 Å². The number of nitrogens with zero attached hydrogens (tertiary/aromatic N) is 1. The summed E-state index contributed by atoms with van der Waals surface area (Å²) in [5, 5.41) is 2.51. The predicted octanol–water partition coefficient (Wildman–Crippen LogP) is 2.05. The molecule has 0 aliphatic rings. The van der Waals surface area contributed by atoms with Gasteiger partial charge in [-0.25, -0.2) is 9.37 Å². The van der Waals surface area contributed by atoms with Gasteiger partial charge in [0.1, 0.15) is 11.3 Å². The first-order chi connectivity index (χ1) is 9.29. The Labute approximate surface area is 115 Å². The van der Waals surface area contributed by atoms with Gasteiger partial charge in [0, 0.05) is 5.41 Å². The van der Waals surface area contributed by atoms with Gasteiger partial charge in [0.2, 0.25) is 0 Å². The van der Waals surface area contributed by atoms with Crippen molar-refractivity contribution in [1.82, 2.24) is 15.3 Å². The molecule has 0 aliphatic carbocycles. The molecule has 0 fully saturated rings. The molecule has 1 aromatic heterocycles. The van der Waals surface area contributed by atoms with Crippen LogP contribution in [0, 0.1) is 11.2 Å². The number of carbonyl (C=O) groups excluding carboxylic acids is 2. The summed E-state index contributed by atoms with van der Waals surface area (Å²) >= 11 is 0. The maximum absolute atomic E-state index is 13.4. The largest absolute Gasteiger partial charge is 0.345 e. The van der Waals surface area contributed by atoms with E-state index in [1.807, 2.05) is 0 Å². The summed E-state index contributed by atoms with van der Waals surface area (Å²) in [5.41, 5.74) is 0.406. The zero-order valence-electron chi connectivity index (χ0n) is 11.6. The minimum Gasteiger partial charge on any atom is -0.345 e. The Morgan fingerprint density at radius 3 is 2.70 bits per heavy atom. The summed E-state index contributed by atoms with van der Waals surface area (Å²) < 4.78 is 13.4. The van der Waals surface area contributed by atoms with Crippen LogP contribution in [-0.2, 0) is 4.79 Å². The third-order valence-corrected chi connectivity index (χ3v) is 2.98. The van der Waals surface area contributed by atoms with Crippen molar-refractivity contribution in [2.75, 3.05) is 6.54 Å². The minimum atomic E-state index is -0.533. The van der Waals surface area contributed by atoms with E-state index in [4.69, 9.17) is 0 Å². The van der Waals surface area contributed by atoms with Crippen LogP contribution in [0.15, 0.2) is 18.5 Å². The molecule has 0 unspecified atom stereocenters. The van der Waals surface area contributed by atoms with Gasteiger partial charge in [-0.05, 0) is 12.1 Å². The molecule has 2 aromatic rings. The zero-order valence-corrected chi connectivity index (χ0v) is 11.6. The summed E-state index contributed by atoms with van der Waals surface area (Å²) in [6.07, 6.45) is 1.39. The highest BCUT2D eigenvalue weighted by Crippen LogP contribution is 2.17. The number of benzene rings is 1. The normalized spacial score (nSPS) is 11.6. The van der Waals surface area contributed by atoms with Crippen molar-refractivity contribution in [3.63, 3.8) is 0 Å². The van der Waals surface area contributed by atoms with E-state index in [0.717, 1.165) is 6.07 Å². The lowest BCUT2D eigenvalue weighted by atomic mass is 9.91. The average molecular weight is 277 g/mol. The number of imidazole rings is 1. The van der Waals surface area contributed by atoms with Gasteiger partial charge in [-0.15, -0.1) is 0 Å². The molecular weight excluding hydrogens is 261 g/mol. The first-order valence-corrected chi connectivity index (χ1v) is 6.23. The Bertz CT molecular complexity index is 671. The van der Waals surface area contributed by atoms with E-state index in [1.165, 1.54) is 12.4 Å². The Morgan fingerprint density at radius 1 is 1.35 bits per heavy atom. The molecule has 1 heterocycles. The number of hydrogen-bond donors (Lipinski definition) is 2. The third-order valence-electron chi connectivity index (χ3n) is 2.98. The number of Topliss-reactive ketones (excluding diaryl/α,β-unsaturated/α-hetero) is 1. The first kappa shape index (κ1) is 14.2. The smallest absolute Gasteiger partial charge is 0.254 e. The number of fused-ring (bicyclic) bond motifs is 1. The Kier molecular flexibility index (Phi) is 3.57. The number of amides is 1. The molecule has 0 radical (unpaired) electrons. The number of aromatic amines is 1. The van der Waals surface area contributed by atoms with Crippen molar-refractivity contribution in [1.29, 1.82) is 0 Å². The molecule has 2 rings (SSSR count). The van der Waals surface area contributed by atoms with Crippen LogP contribution in [0.5, 0.6) is 0 Å². The number of ketones is 1. The minimum absolute atomic E-state index is 0.0925. The number of carbonyl (C=O) groups is 2. The number of hydrogen-bond acceptors (Lipinski definition) is 3. The Balaban J connectivity index is 2.20. The summed E-state index contributed by atoms with van der Waals surface area (Å²) in [6, 6.07) is 2.37. The van der Waals surface area contributed by atoms with E-state index in [2.05, 4.69) is 15.3 Å². The van der Waals surface area contributed by atoms with Crippen LogP contribution in [0.3, 0.4) is 0 Å². The van der Waals surface area contributed by atoms with Crippen molar-refractivity contribution in [2.24, 2.45) is 5.41 Å². The molecule has 1 amide bonds. The van der Waals surface area contributed by atoms with Crippen molar-refractivity contribution < 1.29 is 14.0 Å². The van der Waals surface area contributed by atoms with Crippen molar-refractivity contribution in [3.05, 3.63) is 29.8 Å². The van der Waals surface area contributed by atoms with Crippen LogP contribution in [0.4, 0.5) is 4.39 Å². The summed E-state index contributed by atoms with van der Waals surface area (Å²) in [5.74, 6) is -1.14. The zero-order chi connectivity index (χ0) is 14.9. The van der Waals surface area contributed by atoms with E-state index in [-0.39, 0.29) is 17.9 Å². The number of aromatic nitrogens is 2. The van der Waals surface area contributed by atoms with Crippen LogP contribution in [0.1, 0.15) is 31.1 Å². The number of H-pyrrole nitrogens is 1. The fraction of sp³-hybridized carbons (Fsp3) is 0.357. The lowest BCUT2D eigenvalue weighted by Gasteiger charge is -2.16. The van der Waals surface area contributed by atoms with Gasteiger partial charge in [0.05, 0.1) is 24.0 Å². The highest BCUT2D eigenvalue weighted by Gasteiger charge is 2.22. The van der Waals surface area contributed by atoms with Gasteiger partial charge in [-0.3, -0.25) is 9.59 Å². The Hall–Kier alpha value is -2.24. The van der Waals surface area contributed by atoms with E-state index in [9.17, 15) is 14.0 Å². The van der Waals surface area contributed by atoms with Crippen molar-refractivity contribution >= 4 is 22.7 Å². The fourth-order valence-electron chi connectivity index (χ4n) is 1.71. The van der Waals surface area contributed by atoms with Gasteiger partial charge in [-0.1, -0.05) is 20.8 Å². The molecule has 0 atom stereocenters. The predicted molar refractivity (Wildman–Crippen MR) is 72.8 cm³/mol. The molecule has 0 spiro atoms. The van der Waals surface area contributed by atoms with Crippen LogP contribution in [-0.4, -0.2) is 28.2 Å². The van der Waals surface area contributed by atoms with Gasteiger partial charge in [0.25, 0.3) is 5.91 Å². The quantitative estimate of drug-likeness (QED) is 0.901. The molecule has 6 heteroatoms. The second-order valence-corrected chi connectivity index (χ2v) is 5.61. The highest BCUT2D eigenvalue weighted by molar-refractivity contribution is 6.06. The topological polar surface area (TPSA) is 74.8 Å². The molecule has 1 aromatic carbocycles. The summed E-state index contributed by atoms with van der Waals surface area (Å²) in [6.45, 7) is 5.23. The second kappa shape index (κ2) is 5.03. The number of halogens is 1. The second-order valence-electron chi connectivity index (χ2n) is 5.61. The molecule has 5 nitrogen and oxygen atoms in total. The lowest BCUT2D eigenvalue weighted by Crippen LogP contribution is -2.35. The van der Waals surface area contributed by atoms with Gasteiger partial charge in [0.15, 0.2) is 5.78 Å². The SMILES string of the molecule is CC(C)(C)C(=O)CNC(=O)c1cc(F)cc2[nH]cnc12. The van der Waals surface area contributed by atoms with Gasteiger partial charge < -0.3 is 10.3 Å². The lowest BCUT2D eigenvalue weighted by molar-refractivity contribution is -0.125.